The lowest BCUT2D eigenvalue weighted by atomic mass is 9.47. The van der Waals surface area contributed by atoms with Crippen LogP contribution in [0.1, 0.15) is 72.1 Å². The summed E-state index contributed by atoms with van der Waals surface area (Å²) in [5.41, 5.74) is 0.800. The first-order chi connectivity index (χ1) is 12.9. The van der Waals surface area contributed by atoms with Crippen molar-refractivity contribution in [3.8, 4) is 0 Å². The molecular weight excluding hydrogens is 332 g/mol. The van der Waals surface area contributed by atoms with Crippen LogP contribution in [-0.2, 0) is 9.53 Å². The third kappa shape index (κ3) is 3.02. The lowest BCUT2D eigenvalue weighted by Gasteiger charge is -2.57. The molecule has 2 fully saturated rings. The molecule has 2 heteroatoms. The second-order valence-corrected chi connectivity index (χ2v) is 10.5. The number of fused-ring (bicyclic) bond motifs is 5. The van der Waals surface area contributed by atoms with Crippen LogP contribution in [0.4, 0.5) is 0 Å². The molecule has 4 aliphatic carbocycles. The van der Waals surface area contributed by atoms with Gasteiger partial charge >= 0.3 is 5.97 Å². The van der Waals surface area contributed by atoms with Crippen LogP contribution in [0.15, 0.2) is 24.3 Å². The molecule has 8 atom stereocenters. The van der Waals surface area contributed by atoms with Crippen molar-refractivity contribution in [3.63, 3.8) is 0 Å². The van der Waals surface area contributed by atoms with Crippen molar-refractivity contribution in [3.05, 3.63) is 24.3 Å². The largest absolute Gasteiger partial charge is 0.469 e. The Morgan fingerprint density at radius 2 is 2.00 bits per heavy atom. The van der Waals surface area contributed by atoms with E-state index < -0.39 is 0 Å². The van der Waals surface area contributed by atoms with Crippen molar-refractivity contribution in [2.24, 2.45) is 46.3 Å². The zero-order valence-corrected chi connectivity index (χ0v) is 17.7. The van der Waals surface area contributed by atoms with E-state index in [-0.39, 0.29) is 5.97 Å². The number of rotatable bonds is 4. The van der Waals surface area contributed by atoms with Gasteiger partial charge in [0, 0.05) is 6.42 Å². The van der Waals surface area contributed by atoms with Crippen molar-refractivity contribution < 1.29 is 9.53 Å². The molecule has 0 aliphatic heterocycles. The van der Waals surface area contributed by atoms with Crippen LogP contribution in [0.3, 0.4) is 0 Å². The number of ether oxygens (including phenoxy) is 1. The quantitative estimate of drug-likeness (QED) is 0.436. The molecule has 0 amide bonds. The van der Waals surface area contributed by atoms with Gasteiger partial charge in [-0.15, -0.1) is 0 Å². The molecule has 27 heavy (non-hydrogen) atoms. The van der Waals surface area contributed by atoms with Crippen LogP contribution < -0.4 is 0 Å². The predicted molar refractivity (Wildman–Crippen MR) is 110 cm³/mol. The van der Waals surface area contributed by atoms with E-state index in [2.05, 4.69) is 45.1 Å². The molecule has 0 unspecified atom stereocenters. The van der Waals surface area contributed by atoms with E-state index in [1.807, 2.05) is 0 Å². The number of allylic oxidation sites excluding steroid dienone is 4. The Labute approximate surface area is 165 Å². The van der Waals surface area contributed by atoms with Crippen LogP contribution >= 0.6 is 0 Å². The Hall–Kier alpha value is -1.05. The number of hydrogen-bond donors (Lipinski definition) is 0. The number of esters is 1. The maximum absolute atomic E-state index is 11.6. The standard InChI is InChI=1S/C25H38O2/c1-17(8-13-23(26)27-4)20-11-12-21-19-10-9-18-7-5-6-15-24(18,2)22(19)14-16-25(20,21)3/h5,7,14,16-22H,6,8-13,15H2,1-4H3/t17-,18+,19+,20-,21+,22+,24-,25+/m0/s1. The summed E-state index contributed by atoms with van der Waals surface area (Å²) in [5.74, 6) is 4.50. The highest BCUT2D eigenvalue weighted by atomic mass is 16.5. The summed E-state index contributed by atoms with van der Waals surface area (Å²) in [6.45, 7) is 7.48. The number of carbonyl (C=O) groups is 1. The zero-order chi connectivity index (χ0) is 19.2. The van der Waals surface area contributed by atoms with Gasteiger partial charge in [0.15, 0.2) is 0 Å². The molecule has 2 nitrogen and oxygen atoms in total. The minimum atomic E-state index is -0.0580. The molecule has 0 aromatic heterocycles. The normalized spacial score (nSPS) is 46.3. The maximum atomic E-state index is 11.6. The lowest BCUT2D eigenvalue weighted by molar-refractivity contribution is -0.141. The fourth-order valence-electron chi connectivity index (χ4n) is 7.79. The molecule has 2 saturated carbocycles. The third-order valence-electron chi connectivity index (χ3n) is 9.38. The topological polar surface area (TPSA) is 26.3 Å². The van der Waals surface area contributed by atoms with Gasteiger partial charge in [-0.25, -0.2) is 0 Å². The molecule has 4 aliphatic rings. The smallest absolute Gasteiger partial charge is 0.305 e. The first-order valence-electron chi connectivity index (χ1n) is 11.3. The van der Waals surface area contributed by atoms with Crippen LogP contribution in [0.25, 0.3) is 0 Å². The fraction of sp³-hybridized carbons (Fsp3) is 0.800. The monoisotopic (exact) mass is 370 g/mol. The number of carbonyl (C=O) groups excluding carboxylic acids is 1. The highest BCUT2D eigenvalue weighted by Gasteiger charge is 2.57. The molecular formula is C25H38O2. The van der Waals surface area contributed by atoms with Crippen LogP contribution in [0, 0.1) is 46.3 Å². The molecule has 0 saturated heterocycles. The van der Waals surface area contributed by atoms with Crippen LogP contribution in [0.5, 0.6) is 0 Å². The average molecular weight is 371 g/mol. The Morgan fingerprint density at radius 3 is 2.78 bits per heavy atom. The summed E-state index contributed by atoms with van der Waals surface area (Å²) in [7, 11) is 1.50. The van der Waals surface area contributed by atoms with Gasteiger partial charge in [-0.1, -0.05) is 45.1 Å². The van der Waals surface area contributed by atoms with Gasteiger partial charge in [0.1, 0.15) is 0 Å². The van der Waals surface area contributed by atoms with Crippen molar-refractivity contribution in [1.29, 1.82) is 0 Å². The third-order valence-corrected chi connectivity index (χ3v) is 9.38. The van der Waals surface area contributed by atoms with Gasteiger partial charge in [0.05, 0.1) is 7.11 Å². The van der Waals surface area contributed by atoms with Gasteiger partial charge in [-0.05, 0) is 91.3 Å². The highest BCUT2D eigenvalue weighted by molar-refractivity contribution is 5.69. The molecule has 0 heterocycles. The average Bonchev–Trinajstić information content (AvgIpc) is 3.02. The van der Waals surface area contributed by atoms with Gasteiger partial charge in [-0.3, -0.25) is 4.79 Å². The summed E-state index contributed by atoms with van der Waals surface area (Å²) < 4.78 is 4.87. The van der Waals surface area contributed by atoms with Gasteiger partial charge < -0.3 is 4.74 Å². The second kappa shape index (κ2) is 7.08. The minimum Gasteiger partial charge on any atom is -0.469 e. The van der Waals surface area contributed by atoms with E-state index in [0.717, 1.165) is 30.1 Å². The first kappa shape index (κ1) is 19.3. The Balaban J connectivity index is 1.55. The van der Waals surface area contributed by atoms with E-state index in [1.54, 1.807) is 0 Å². The summed E-state index contributed by atoms with van der Waals surface area (Å²) in [6, 6.07) is 0. The summed E-state index contributed by atoms with van der Waals surface area (Å²) in [4.78, 5) is 11.6. The molecule has 0 N–H and O–H groups in total. The molecule has 0 bridgehead atoms. The predicted octanol–water partition coefficient (Wildman–Crippen LogP) is 6.18. The highest BCUT2D eigenvalue weighted by Crippen LogP contribution is 2.65. The van der Waals surface area contributed by atoms with Crippen LogP contribution in [0.2, 0.25) is 0 Å². The summed E-state index contributed by atoms with van der Waals surface area (Å²) in [6.07, 6.45) is 19.9. The van der Waals surface area contributed by atoms with E-state index >= 15 is 0 Å². The van der Waals surface area contributed by atoms with Gasteiger partial charge in [-0.2, -0.15) is 0 Å². The van der Waals surface area contributed by atoms with Crippen molar-refractivity contribution in [2.45, 2.75) is 72.1 Å². The molecule has 0 aromatic rings. The summed E-state index contributed by atoms with van der Waals surface area (Å²) >= 11 is 0. The fourth-order valence-corrected chi connectivity index (χ4v) is 7.79. The molecule has 0 spiro atoms. The van der Waals surface area contributed by atoms with Gasteiger partial charge in [0.25, 0.3) is 0 Å². The Bertz CT molecular complexity index is 634. The molecule has 0 aromatic carbocycles. The van der Waals surface area contributed by atoms with Crippen molar-refractivity contribution >= 4 is 5.97 Å². The number of methoxy groups -OCH3 is 1. The molecule has 150 valence electrons. The molecule has 4 rings (SSSR count). The van der Waals surface area contributed by atoms with E-state index in [9.17, 15) is 4.79 Å². The first-order valence-corrected chi connectivity index (χ1v) is 11.3. The van der Waals surface area contributed by atoms with E-state index in [1.165, 1.54) is 45.6 Å². The number of hydrogen-bond acceptors (Lipinski definition) is 2. The molecule has 0 radical (unpaired) electrons. The van der Waals surface area contributed by atoms with E-state index in [4.69, 9.17) is 4.74 Å². The Kier molecular flexibility index (Phi) is 5.06. The van der Waals surface area contributed by atoms with E-state index in [0.29, 0.717) is 29.1 Å². The van der Waals surface area contributed by atoms with Crippen molar-refractivity contribution in [1.82, 2.24) is 0 Å². The Morgan fingerprint density at radius 1 is 1.19 bits per heavy atom. The zero-order valence-electron chi connectivity index (χ0n) is 17.7. The van der Waals surface area contributed by atoms with Gasteiger partial charge in [0.2, 0.25) is 0 Å². The van der Waals surface area contributed by atoms with Crippen molar-refractivity contribution in [2.75, 3.05) is 7.11 Å². The van der Waals surface area contributed by atoms with Crippen LogP contribution in [-0.4, -0.2) is 13.1 Å². The second-order valence-electron chi connectivity index (χ2n) is 10.5. The minimum absolute atomic E-state index is 0.0580. The maximum Gasteiger partial charge on any atom is 0.305 e. The summed E-state index contributed by atoms with van der Waals surface area (Å²) in [5, 5.41) is 0. The lowest BCUT2D eigenvalue weighted by Crippen LogP contribution is -2.50. The SMILES string of the molecule is COC(=O)CC[C@H](C)[C@@H]1CC[C@@H]2[C@H]3CC[C@H]4C=CCC[C@]4(C)[C@@H]3C=C[C@@]21C.